The third-order valence-electron chi connectivity index (χ3n) is 6.78. The summed E-state index contributed by atoms with van der Waals surface area (Å²) >= 11 is 0. The van der Waals surface area contributed by atoms with E-state index in [9.17, 15) is 10.1 Å². The highest BCUT2D eigenvalue weighted by Gasteiger charge is 2.25. The zero-order valence-electron chi connectivity index (χ0n) is 19.6. The molecule has 0 saturated carbocycles. The number of aromatic nitrogens is 2. The van der Waals surface area contributed by atoms with Gasteiger partial charge in [-0.3, -0.25) is 4.79 Å². The predicted molar refractivity (Wildman–Crippen MR) is 142 cm³/mol. The molecule has 1 fully saturated rings. The van der Waals surface area contributed by atoms with Crippen LogP contribution in [0.1, 0.15) is 15.9 Å². The van der Waals surface area contributed by atoms with E-state index in [0.29, 0.717) is 37.3 Å². The first kappa shape index (κ1) is 21.8. The van der Waals surface area contributed by atoms with Gasteiger partial charge in [0.1, 0.15) is 5.82 Å². The van der Waals surface area contributed by atoms with Crippen LogP contribution < -0.4 is 4.90 Å². The Hall–Kier alpha value is -4.76. The number of fused-ring (bicyclic) bond motifs is 2. The Morgan fingerprint density at radius 1 is 0.833 bits per heavy atom. The predicted octanol–water partition coefficient (Wildman–Crippen LogP) is 5.28. The standard InChI is InChI=1S/C30H23N5O/c31-20-21-12-13-32-29(18-21)34-14-16-35(17-15-34)30(36)26-19-28(33-27-11-4-3-9-25(26)27)24-10-5-7-22-6-1-2-8-23(22)24/h1-13,18-19H,14-17H2. The fourth-order valence-corrected chi connectivity index (χ4v) is 4.91. The van der Waals surface area contributed by atoms with E-state index in [1.165, 1.54) is 0 Å². The third kappa shape index (κ3) is 3.91. The van der Waals surface area contributed by atoms with Gasteiger partial charge >= 0.3 is 0 Å². The van der Waals surface area contributed by atoms with Crippen LogP contribution in [0, 0.1) is 11.3 Å². The number of amides is 1. The van der Waals surface area contributed by atoms with Crippen molar-refractivity contribution in [3.8, 4) is 17.3 Å². The highest BCUT2D eigenvalue weighted by Crippen LogP contribution is 2.31. The van der Waals surface area contributed by atoms with Gasteiger partial charge in [-0.2, -0.15) is 5.26 Å². The molecule has 0 N–H and O–H groups in total. The summed E-state index contributed by atoms with van der Waals surface area (Å²) in [5.74, 6) is 0.780. The van der Waals surface area contributed by atoms with E-state index in [0.717, 1.165) is 38.8 Å². The monoisotopic (exact) mass is 469 g/mol. The molecule has 1 aliphatic heterocycles. The van der Waals surface area contributed by atoms with E-state index < -0.39 is 0 Å². The number of nitriles is 1. The molecule has 5 aromatic rings. The van der Waals surface area contributed by atoms with Crippen LogP contribution in [0.15, 0.2) is 91.1 Å². The van der Waals surface area contributed by atoms with E-state index in [4.69, 9.17) is 4.98 Å². The van der Waals surface area contributed by atoms with Gasteiger partial charge in [-0.15, -0.1) is 0 Å². The summed E-state index contributed by atoms with van der Waals surface area (Å²) in [4.78, 5) is 27.2. The lowest BCUT2D eigenvalue weighted by molar-refractivity contribution is 0.0748. The van der Waals surface area contributed by atoms with Crippen molar-refractivity contribution in [2.75, 3.05) is 31.1 Å². The lowest BCUT2D eigenvalue weighted by atomic mass is 9.98. The second-order valence-corrected chi connectivity index (χ2v) is 8.89. The molecule has 0 aliphatic carbocycles. The largest absolute Gasteiger partial charge is 0.353 e. The van der Waals surface area contributed by atoms with Gasteiger partial charge in [0.25, 0.3) is 5.91 Å². The quantitative estimate of drug-likeness (QED) is 0.359. The number of carbonyl (C=O) groups is 1. The second-order valence-electron chi connectivity index (χ2n) is 8.89. The maximum atomic E-state index is 13.8. The summed E-state index contributed by atoms with van der Waals surface area (Å²) in [5, 5.41) is 12.3. The van der Waals surface area contributed by atoms with Crippen molar-refractivity contribution in [2.24, 2.45) is 0 Å². The number of rotatable bonds is 3. The van der Waals surface area contributed by atoms with Crippen LogP contribution in [-0.4, -0.2) is 47.0 Å². The van der Waals surface area contributed by atoms with Crippen molar-refractivity contribution in [3.63, 3.8) is 0 Å². The van der Waals surface area contributed by atoms with Crippen molar-refractivity contribution >= 4 is 33.4 Å². The number of piperazine rings is 1. The number of carbonyl (C=O) groups excluding carboxylic acids is 1. The maximum absolute atomic E-state index is 13.8. The Morgan fingerprint density at radius 3 is 2.42 bits per heavy atom. The Kier molecular flexibility index (Phi) is 5.51. The summed E-state index contributed by atoms with van der Waals surface area (Å²) in [5.41, 5.74) is 3.87. The van der Waals surface area contributed by atoms with Crippen LogP contribution in [0.3, 0.4) is 0 Å². The molecule has 1 saturated heterocycles. The molecule has 6 heteroatoms. The number of hydrogen-bond donors (Lipinski definition) is 0. The van der Waals surface area contributed by atoms with Gasteiger partial charge in [-0.25, -0.2) is 9.97 Å². The fourth-order valence-electron chi connectivity index (χ4n) is 4.91. The fraction of sp³-hybridized carbons (Fsp3) is 0.133. The van der Waals surface area contributed by atoms with E-state index in [1.807, 2.05) is 53.4 Å². The topological polar surface area (TPSA) is 73.1 Å². The number of anilines is 1. The average Bonchev–Trinajstić information content (AvgIpc) is 2.96. The molecule has 1 amide bonds. The first-order valence-electron chi connectivity index (χ1n) is 12.0. The Balaban J connectivity index is 1.34. The Bertz CT molecular complexity index is 1640. The van der Waals surface area contributed by atoms with E-state index in [1.54, 1.807) is 18.3 Å². The number of hydrogen-bond acceptors (Lipinski definition) is 5. The average molecular weight is 470 g/mol. The molecule has 0 unspecified atom stereocenters. The number of pyridine rings is 2. The van der Waals surface area contributed by atoms with Crippen LogP contribution in [0.25, 0.3) is 32.9 Å². The zero-order valence-corrected chi connectivity index (χ0v) is 19.6. The molecule has 0 bridgehead atoms. The van der Waals surface area contributed by atoms with Crippen LogP contribution in [0.5, 0.6) is 0 Å². The van der Waals surface area contributed by atoms with E-state index in [2.05, 4.69) is 40.2 Å². The SMILES string of the molecule is N#Cc1ccnc(N2CCN(C(=O)c3cc(-c4cccc5ccccc45)nc4ccccc34)CC2)c1. The molecule has 0 radical (unpaired) electrons. The molecule has 6 nitrogen and oxygen atoms in total. The first-order valence-corrected chi connectivity index (χ1v) is 12.0. The maximum Gasteiger partial charge on any atom is 0.254 e. The lowest BCUT2D eigenvalue weighted by Crippen LogP contribution is -2.49. The molecule has 36 heavy (non-hydrogen) atoms. The highest BCUT2D eigenvalue weighted by atomic mass is 16.2. The molecule has 0 atom stereocenters. The van der Waals surface area contributed by atoms with Crippen molar-refractivity contribution in [2.45, 2.75) is 0 Å². The van der Waals surface area contributed by atoms with Gasteiger partial charge in [-0.05, 0) is 35.0 Å². The molecule has 174 valence electrons. The normalized spacial score (nSPS) is 13.6. The van der Waals surface area contributed by atoms with Gasteiger partial charge in [0.2, 0.25) is 0 Å². The summed E-state index contributed by atoms with van der Waals surface area (Å²) in [6, 6.07) is 29.9. The Labute approximate surface area is 209 Å². The van der Waals surface area contributed by atoms with Crippen molar-refractivity contribution in [1.29, 1.82) is 5.26 Å². The van der Waals surface area contributed by atoms with Crippen LogP contribution >= 0.6 is 0 Å². The molecule has 2 aromatic heterocycles. The minimum absolute atomic E-state index is 0.00784. The molecule has 0 spiro atoms. The van der Waals surface area contributed by atoms with Crippen molar-refractivity contribution < 1.29 is 4.79 Å². The van der Waals surface area contributed by atoms with Crippen LogP contribution in [-0.2, 0) is 0 Å². The van der Waals surface area contributed by atoms with E-state index in [-0.39, 0.29) is 5.91 Å². The number of para-hydroxylation sites is 1. The summed E-state index contributed by atoms with van der Waals surface area (Å²) in [7, 11) is 0. The molecular formula is C30H23N5O. The second kappa shape index (κ2) is 9.12. The summed E-state index contributed by atoms with van der Waals surface area (Å²) in [6.45, 7) is 2.48. The lowest BCUT2D eigenvalue weighted by Gasteiger charge is -2.35. The minimum atomic E-state index is 0.00784. The molecule has 1 aliphatic rings. The molecule has 3 aromatic carbocycles. The number of benzene rings is 3. The highest BCUT2D eigenvalue weighted by molar-refractivity contribution is 6.08. The number of nitrogens with zero attached hydrogens (tertiary/aromatic N) is 5. The summed E-state index contributed by atoms with van der Waals surface area (Å²) < 4.78 is 0. The molecule has 3 heterocycles. The first-order chi connectivity index (χ1) is 17.7. The van der Waals surface area contributed by atoms with Gasteiger partial charge in [0.15, 0.2) is 0 Å². The van der Waals surface area contributed by atoms with Crippen LogP contribution in [0.4, 0.5) is 5.82 Å². The summed E-state index contributed by atoms with van der Waals surface area (Å²) in [6.07, 6.45) is 1.66. The smallest absolute Gasteiger partial charge is 0.254 e. The van der Waals surface area contributed by atoms with Crippen molar-refractivity contribution in [3.05, 3.63) is 102 Å². The Morgan fingerprint density at radius 2 is 1.58 bits per heavy atom. The van der Waals surface area contributed by atoms with Gasteiger partial charge in [-0.1, -0.05) is 60.7 Å². The van der Waals surface area contributed by atoms with Gasteiger partial charge in [0, 0.05) is 43.3 Å². The van der Waals surface area contributed by atoms with Gasteiger partial charge in [0.05, 0.1) is 28.4 Å². The van der Waals surface area contributed by atoms with Gasteiger partial charge < -0.3 is 9.80 Å². The molecular weight excluding hydrogens is 446 g/mol. The zero-order chi connectivity index (χ0) is 24.5. The van der Waals surface area contributed by atoms with E-state index >= 15 is 0 Å². The molecule has 6 rings (SSSR count). The van der Waals surface area contributed by atoms with Crippen molar-refractivity contribution in [1.82, 2.24) is 14.9 Å². The third-order valence-corrected chi connectivity index (χ3v) is 6.78. The van der Waals surface area contributed by atoms with Crippen LogP contribution in [0.2, 0.25) is 0 Å². The minimum Gasteiger partial charge on any atom is -0.353 e.